The molecule has 1 atom stereocenters. The Hall–Kier alpha value is -0.960. The van der Waals surface area contributed by atoms with Gasteiger partial charge in [0.15, 0.2) is 0 Å². The molecule has 0 aromatic heterocycles. The third-order valence-electron chi connectivity index (χ3n) is 3.14. The molecule has 2 rings (SSSR count). The minimum Gasteiger partial charge on any atom is -0.316 e. The normalized spacial score (nSPS) is 21.4. The Bertz CT molecular complexity index is 376. The summed E-state index contributed by atoms with van der Waals surface area (Å²) in [7, 11) is 0. The van der Waals surface area contributed by atoms with Crippen molar-refractivity contribution in [2.75, 3.05) is 13.1 Å². The molecule has 0 bridgehead atoms. The van der Waals surface area contributed by atoms with Gasteiger partial charge < -0.3 is 5.32 Å². The highest BCUT2D eigenvalue weighted by atomic mass is 19.1. The Morgan fingerprint density at radius 3 is 2.69 bits per heavy atom. The number of halogens is 2. The van der Waals surface area contributed by atoms with E-state index >= 15 is 0 Å². The van der Waals surface area contributed by atoms with Crippen LogP contribution in [0.3, 0.4) is 0 Å². The van der Waals surface area contributed by atoms with Crippen LogP contribution in [-0.2, 0) is 5.67 Å². The monoisotopic (exact) mass is 225 g/mol. The minimum absolute atomic E-state index is 0.226. The molecule has 3 heteroatoms. The van der Waals surface area contributed by atoms with Gasteiger partial charge in [-0.15, -0.1) is 0 Å². The average molecular weight is 225 g/mol. The second-order valence-electron chi connectivity index (χ2n) is 4.87. The van der Waals surface area contributed by atoms with Crippen LogP contribution in [0.1, 0.15) is 37.3 Å². The molecule has 1 aliphatic rings. The maximum Gasteiger partial charge on any atom is 0.133 e. The fourth-order valence-electron chi connectivity index (χ4n) is 2.43. The Morgan fingerprint density at radius 1 is 1.38 bits per heavy atom. The van der Waals surface area contributed by atoms with Crippen LogP contribution in [0.25, 0.3) is 0 Å². The highest BCUT2D eigenvalue weighted by molar-refractivity contribution is 5.36. The highest BCUT2D eigenvalue weighted by Crippen LogP contribution is 2.35. The molecule has 0 aliphatic carbocycles. The van der Waals surface area contributed by atoms with Crippen molar-refractivity contribution < 1.29 is 8.78 Å². The van der Waals surface area contributed by atoms with E-state index in [0.717, 1.165) is 25.1 Å². The van der Waals surface area contributed by atoms with Gasteiger partial charge in [0.25, 0.3) is 0 Å². The van der Waals surface area contributed by atoms with Gasteiger partial charge in [0.2, 0.25) is 0 Å². The van der Waals surface area contributed by atoms with Crippen LogP contribution in [0.2, 0.25) is 0 Å². The van der Waals surface area contributed by atoms with Crippen molar-refractivity contribution in [2.24, 2.45) is 0 Å². The van der Waals surface area contributed by atoms with E-state index in [2.05, 4.69) is 5.32 Å². The molecule has 0 spiro atoms. The van der Waals surface area contributed by atoms with Crippen molar-refractivity contribution in [3.05, 3.63) is 35.1 Å². The first-order valence-corrected chi connectivity index (χ1v) is 5.68. The second kappa shape index (κ2) is 4.13. The van der Waals surface area contributed by atoms with Crippen LogP contribution in [0.5, 0.6) is 0 Å². The maximum absolute atomic E-state index is 14.0. The van der Waals surface area contributed by atoms with E-state index in [1.165, 1.54) is 19.9 Å². The van der Waals surface area contributed by atoms with Gasteiger partial charge in [-0.1, -0.05) is 12.1 Å². The molecule has 1 saturated heterocycles. The fraction of sp³-hybridized carbons (Fsp3) is 0.538. The predicted octanol–water partition coefficient (Wildman–Crippen LogP) is 3.11. The summed E-state index contributed by atoms with van der Waals surface area (Å²) in [6, 6.07) is 4.85. The molecule has 0 amide bonds. The van der Waals surface area contributed by atoms with Gasteiger partial charge in [-0.2, -0.15) is 0 Å². The van der Waals surface area contributed by atoms with Crippen molar-refractivity contribution in [2.45, 2.75) is 31.9 Å². The first-order valence-electron chi connectivity index (χ1n) is 5.68. The smallest absolute Gasteiger partial charge is 0.133 e. The van der Waals surface area contributed by atoms with Crippen molar-refractivity contribution >= 4 is 0 Å². The zero-order valence-corrected chi connectivity index (χ0v) is 9.69. The summed E-state index contributed by atoms with van der Waals surface area (Å²) in [5.74, 6) is -0.197. The summed E-state index contributed by atoms with van der Waals surface area (Å²) in [5, 5.41) is 3.22. The number of hydrogen-bond acceptors (Lipinski definition) is 1. The van der Waals surface area contributed by atoms with Crippen LogP contribution in [0.15, 0.2) is 18.2 Å². The Kier molecular flexibility index (Phi) is 2.98. The summed E-state index contributed by atoms with van der Waals surface area (Å²) in [6.07, 6.45) is 0.951. The molecule has 88 valence electrons. The van der Waals surface area contributed by atoms with Crippen molar-refractivity contribution in [1.82, 2.24) is 5.32 Å². The van der Waals surface area contributed by atoms with E-state index in [-0.39, 0.29) is 11.5 Å². The fourth-order valence-corrected chi connectivity index (χ4v) is 2.43. The van der Waals surface area contributed by atoms with Gasteiger partial charge in [-0.3, -0.25) is 0 Å². The Morgan fingerprint density at radius 2 is 2.12 bits per heavy atom. The first kappa shape index (κ1) is 11.5. The van der Waals surface area contributed by atoms with E-state index in [9.17, 15) is 8.78 Å². The van der Waals surface area contributed by atoms with Crippen molar-refractivity contribution in [3.63, 3.8) is 0 Å². The third-order valence-corrected chi connectivity index (χ3v) is 3.14. The van der Waals surface area contributed by atoms with Crippen LogP contribution >= 0.6 is 0 Å². The van der Waals surface area contributed by atoms with Crippen LogP contribution < -0.4 is 5.32 Å². The van der Waals surface area contributed by atoms with Gasteiger partial charge in [0, 0.05) is 12.1 Å². The number of hydrogen-bond donors (Lipinski definition) is 1. The third kappa shape index (κ3) is 2.09. The molecular formula is C13H17F2N. The molecular weight excluding hydrogens is 208 g/mol. The van der Waals surface area contributed by atoms with Gasteiger partial charge in [-0.05, 0) is 44.4 Å². The molecule has 1 fully saturated rings. The summed E-state index contributed by atoms with van der Waals surface area (Å²) in [4.78, 5) is 0. The van der Waals surface area contributed by atoms with Crippen molar-refractivity contribution in [3.8, 4) is 0 Å². The molecule has 1 aromatic rings. The standard InChI is InChI=1S/C13H17F2N/c1-13(2,15)12-10(4-3-5-11(12)14)9-6-7-16-8-9/h3-5,9,16H,6-8H2,1-2H3. The first-order chi connectivity index (χ1) is 7.50. The van der Waals surface area contributed by atoms with E-state index in [0.29, 0.717) is 0 Å². The predicted molar refractivity (Wildman–Crippen MR) is 60.8 cm³/mol. The molecule has 0 radical (unpaired) electrons. The summed E-state index contributed by atoms with van der Waals surface area (Å²) < 4.78 is 27.8. The number of benzene rings is 1. The van der Waals surface area contributed by atoms with Gasteiger partial charge in [-0.25, -0.2) is 8.78 Å². The molecule has 1 aliphatic heterocycles. The van der Waals surface area contributed by atoms with E-state index in [1.54, 1.807) is 6.07 Å². The van der Waals surface area contributed by atoms with Gasteiger partial charge in [0.05, 0.1) is 0 Å². The number of nitrogens with one attached hydrogen (secondary N) is 1. The lowest BCUT2D eigenvalue weighted by molar-refractivity contribution is 0.211. The minimum atomic E-state index is -1.62. The zero-order chi connectivity index (χ0) is 11.8. The van der Waals surface area contributed by atoms with Gasteiger partial charge in [0.1, 0.15) is 11.5 Å². The quantitative estimate of drug-likeness (QED) is 0.815. The lowest BCUT2D eigenvalue weighted by atomic mass is 9.86. The lowest BCUT2D eigenvalue weighted by Crippen LogP contribution is -2.18. The topological polar surface area (TPSA) is 12.0 Å². The molecule has 1 nitrogen and oxygen atoms in total. The largest absolute Gasteiger partial charge is 0.316 e. The molecule has 16 heavy (non-hydrogen) atoms. The van der Waals surface area contributed by atoms with Crippen LogP contribution in [0, 0.1) is 5.82 Å². The summed E-state index contributed by atoms with van der Waals surface area (Å²) in [6.45, 7) is 4.56. The van der Waals surface area contributed by atoms with E-state index in [1.807, 2.05) is 6.07 Å². The van der Waals surface area contributed by atoms with Crippen molar-refractivity contribution in [1.29, 1.82) is 0 Å². The molecule has 1 heterocycles. The van der Waals surface area contributed by atoms with Gasteiger partial charge >= 0.3 is 0 Å². The number of alkyl halides is 1. The SMILES string of the molecule is CC(C)(F)c1c(F)cccc1C1CCNC1. The molecule has 0 saturated carbocycles. The van der Waals surface area contributed by atoms with E-state index in [4.69, 9.17) is 0 Å². The Balaban J connectivity index is 2.47. The molecule has 1 aromatic carbocycles. The van der Waals surface area contributed by atoms with Crippen LogP contribution in [-0.4, -0.2) is 13.1 Å². The second-order valence-corrected chi connectivity index (χ2v) is 4.87. The van der Waals surface area contributed by atoms with Crippen LogP contribution in [0.4, 0.5) is 8.78 Å². The Labute approximate surface area is 94.9 Å². The number of rotatable bonds is 2. The lowest BCUT2D eigenvalue weighted by Gasteiger charge is -2.22. The maximum atomic E-state index is 14.0. The zero-order valence-electron chi connectivity index (χ0n) is 9.69. The molecule has 1 N–H and O–H groups in total. The highest BCUT2D eigenvalue weighted by Gasteiger charge is 2.30. The molecule has 1 unspecified atom stereocenters. The average Bonchev–Trinajstić information content (AvgIpc) is 2.67. The summed E-state index contributed by atoms with van der Waals surface area (Å²) in [5.41, 5.74) is -0.579. The van der Waals surface area contributed by atoms with E-state index < -0.39 is 11.5 Å². The summed E-state index contributed by atoms with van der Waals surface area (Å²) >= 11 is 0.